The van der Waals surface area contributed by atoms with Gasteiger partial charge in [0.05, 0.1) is 6.54 Å². The second kappa shape index (κ2) is 8.41. The van der Waals surface area contributed by atoms with E-state index in [4.69, 9.17) is 4.98 Å². The van der Waals surface area contributed by atoms with E-state index in [1.54, 1.807) is 31.1 Å². The van der Waals surface area contributed by atoms with Gasteiger partial charge in [0.15, 0.2) is 0 Å². The van der Waals surface area contributed by atoms with E-state index in [1.807, 2.05) is 18.2 Å². The van der Waals surface area contributed by atoms with Crippen molar-refractivity contribution in [2.45, 2.75) is 25.2 Å². The van der Waals surface area contributed by atoms with Crippen molar-refractivity contribution in [3.05, 3.63) is 65.2 Å². The van der Waals surface area contributed by atoms with Gasteiger partial charge < -0.3 is 4.90 Å². The van der Waals surface area contributed by atoms with Crippen molar-refractivity contribution in [2.24, 2.45) is 0 Å². The Morgan fingerprint density at radius 1 is 1.27 bits per heavy atom. The predicted molar refractivity (Wildman–Crippen MR) is 101 cm³/mol. The number of nitrogens with zero attached hydrogens (tertiary/aromatic N) is 3. The van der Waals surface area contributed by atoms with Crippen molar-refractivity contribution in [1.29, 1.82) is 0 Å². The molecule has 1 amide bonds. The zero-order valence-electron chi connectivity index (χ0n) is 15.5. The lowest BCUT2D eigenvalue weighted by molar-refractivity contribution is -0.130. The molecule has 0 bridgehead atoms. The van der Waals surface area contributed by atoms with E-state index in [2.05, 4.69) is 11.0 Å². The molecule has 1 aliphatic heterocycles. The summed E-state index contributed by atoms with van der Waals surface area (Å²) in [6.07, 6.45) is 2.78. The SMILES string of the molecule is CN(C)C(=O)CN1CCC[C@@H](c2cccc(Cc3cccc(F)c3)n2)C1. The van der Waals surface area contributed by atoms with Gasteiger partial charge in [0.25, 0.3) is 0 Å². The average Bonchev–Trinajstić information content (AvgIpc) is 2.62. The fourth-order valence-corrected chi connectivity index (χ4v) is 3.45. The van der Waals surface area contributed by atoms with Crippen molar-refractivity contribution in [1.82, 2.24) is 14.8 Å². The van der Waals surface area contributed by atoms with E-state index in [0.717, 1.165) is 42.9 Å². The Kier molecular flexibility index (Phi) is 5.99. The maximum atomic E-state index is 13.4. The van der Waals surface area contributed by atoms with Crippen LogP contribution in [-0.2, 0) is 11.2 Å². The first-order valence-electron chi connectivity index (χ1n) is 9.14. The summed E-state index contributed by atoms with van der Waals surface area (Å²) in [7, 11) is 3.59. The van der Waals surface area contributed by atoms with Crippen LogP contribution in [0.2, 0.25) is 0 Å². The van der Waals surface area contributed by atoms with Crippen molar-refractivity contribution in [2.75, 3.05) is 33.7 Å². The van der Waals surface area contributed by atoms with Gasteiger partial charge in [-0.05, 0) is 49.2 Å². The molecular formula is C21H26FN3O. The highest BCUT2D eigenvalue weighted by Crippen LogP contribution is 2.26. The molecule has 26 heavy (non-hydrogen) atoms. The smallest absolute Gasteiger partial charge is 0.236 e. The van der Waals surface area contributed by atoms with E-state index in [0.29, 0.717) is 18.9 Å². The van der Waals surface area contributed by atoms with Crippen LogP contribution >= 0.6 is 0 Å². The molecule has 2 aromatic rings. The van der Waals surface area contributed by atoms with Gasteiger partial charge in [0, 0.05) is 44.4 Å². The Bertz CT molecular complexity index is 762. The number of hydrogen-bond acceptors (Lipinski definition) is 3. The molecule has 138 valence electrons. The number of aromatic nitrogens is 1. The van der Waals surface area contributed by atoms with Crippen LogP contribution in [0.3, 0.4) is 0 Å². The monoisotopic (exact) mass is 355 g/mol. The van der Waals surface area contributed by atoms with Crippen LogP contribution in [0.1, 0.15) is 35.7 Å². The van der Waals surface area contributed by atoms with Gasteiger partial charge in [0.2, 0.25) is 5.91 Å². The molecule has 1 aliphatic rings. The largest absolute Gasteiger partial charge is 0.348 e. The van der Waals surface area contributed by atoms with Crippen LogP contribution < -0.4 is 0 Å². The molecule has 1 aromatic heterocycles. The first-order chi connectivity index (χ1) is 12.5. The summed E-state index contributed by atoms with van der Waals surface area (Å²) >= 11 is 0. The maximum Gasteiger partial charge on any atom is 0.236 e. The third-order valence-electron chi connectivity index (χ3n) is 4.88. The molecule has 1 fully saturated rings. The Hall–Kier alpha value is -2.27. The first kappa shape index (κ1) is 18.5. The van der Waals surface area contributed by atoms with Gasteiger partial charge in [-0.3, -0.25) is 14.7 Å². The molecule has 1 aromatic carbocycles. The van der Waals surface area contributed by atoms with Crippen LogP contribution in [0.5, 0.6) is 0 Å². The van der Waals surface area contributed by atoms with E-state index >= 15 is 0 Å². The third-order valence-corrected chi connectivity index (χ3v) is 4.88. The Morgan fingerprint density at radius 3 is 2.85 bits per heavy atom. The quantitative estimate of drug-likeness (QED) is 0.827. The van der Waals surface area contributed by atoms with E-state index in [1.165, 1.54) is 6.07 Å². The van der Waals surface area contributed by atoms with E-state index in [9.17, 15) is 9.18 Å². The summed E-state index contributed by atoms with van der Waals surface area (Å²) < 4.78 is 13.4. The fourth-order valence-electron chi connectivity index (χ4n) is 3.45. The van der Waals surface area contributed by atoms with Crippen molar-refractivity contribution in [3.63, 3.8) is 0 Å². The number of halogens is 1. The first-order valence-corrected chi connectivity index (χ1v) is 9.14. The lowest BCUT2D eigenvalue weighted by Crippen LogP contribution is -2.41. The van der Waals surface area contributed by atoms with Gasteiger partial charge >= 0.3 is 0 Å². The molecule has 2 heterocycles. The summed E-state index contributed by atoms with van der Waals surface area (Å²) in [6.45, 7) is 2.28. The van der Waals surface area contributed by atoms with E-state index in [-0.39, 0.29) is 11.7 Å². The zero-order chi connectivity index (χ0) is 18.5. The van der Waals surface area contributed by atoms with Crippen molar-refractivity contribution in [3.8, 4) is 0 Å². The number of hydrogen-bond donors (Lipinski definition) is 0. The second-order valence-corrected chi connectivity index (χ2v) is 7.22. The highest BCUT2D eigenvalue weighted by Gasteiger charge is 2.24. The molecular weight excluding hydrogens is 329 g/mol. The summed E-state index contributed by atoms with van der Waals surface area (Å²) in [5.74, 6) is 0.261. The molecule has 0 N–H and O–H groups in total. The van der Waals surface area contributed by atoms with E-state index < -0.39 is 0 Å². The number of benzene rings is 1. The van der Waals surface area contributed by atoms with Crippen LogP contribution in [0.25, 0.3) is 0 Å². The molecule has 0 aliphatic carbocycles. The standard InChI is InChI=1S/C21H26FN3O/c1-24(2)21(26)15-25-11-5-7-17(14-25)20-10-4-9-19(23-20)13-16-6-3-8-18(22)12-16/h3-4,6,8-10,12,17H,5,7,11,13-15H2,1-2H3/t17-/m1/s1. The molecule has 3 rings (SSSR count). The highest BCUT2D eigenvalue weighted by atomic mass is 19.1. The molecule has 0 saturated carbocycles. The Morgan fingerprint density at radius 2 is 2.08 bits per heavy atom. The van der Waals surface area contributed by atoms with Gasteiger partial charge in [-0.1, -0.05) is 18.2 Å². The van der Waals surface area contributed by atoms with Crippen molar-refractivity contribution >= 4 is 5.91 Å². The minimum atomic E-state index is -0.216. The summed E-state index contributed by atoms with van der Waals surface area (Å²) in [5.41, 5.74) is 2.95. The predicted octanol–water partition coefficient (Wildman–Crippen LogP) is 3.08. The lowest BCUT2D eigenvalue weighted by Gasteiger charge is -2.32. The topological polar surface area (TPSA) is 36.4 Å². The zero-order valence-corrected chi connectivity index (χ0v) is 15.5. The number of piperidine rings is 1. The number of carbonyl (C=O) groups excluding carboxylic acids is 1. The van der Waals surface area contributed by atoms with Gasteiger partial charge in [0.1, 0.15) is 5.82 Å². The number of pyridine rings is 1. The summed E-state index contributed by atoms with van der Waals surface area (Å²) in [4.78, 5) is 20.7. The summed E-state index contributed by atoms with van der Waals surface area (Å²) in [6, 6.07) is 12.8. The molecule has 1 saturated heterocycles. The lowest BCUT2D eigenvalue weighted by atomic mass is 9.94. The number of likely N-dealkylation sites (N-methyl/N-ethyl adjacent to an activating group) is 1. The van der Waals surface area contributed by atoms with Crippen LogP contribution in [0, 0.1) is 5.82 Å². The number of rotatable bonds is 5. The fraction of sp³-hybridized carbons (Fsp3) is 0.429. The Balaban J connectivity index is 1.68. The molecule has 4 nitrogen and oxygen atoms in total. The minimum absolute atomic E-state index is 0.137. The normalized spacial score (nSPS) is 17.9. The molecule has 5 heteroatoms. The molecule has 0 radical (unpaired) electrons. The van der Waals surface area contributed by atoms with Crippen LogP contribution in [-0.4, -0.2) is 54.4 Å². The minimum Gasteiger partial charge on any atom is -0.348 e. The number of carbonyl (C=O) groups is 1. The van der Waals surface area contributed by atoms with Gasteiger partial charge in [-0.2, -0.15) is 0 Å². The second-order valence-electron chi connectivity index (χ2n) is 7.22. The highest BCUT2D eigenvalue weighted by molar-refractivity contribution is 5.77. The third kappa shape index (κ3) is 4.88. The summed E-state index contributed by atoms with van der Waals surface area (Å²) in [5, 5.41) is 0. The molecule has 0 unspecified atom stereocenters. The van der Waals surface area contributed by atoms with Gasteiger partial charge in [-0.15, -0.1) is 0 Å². The molecule has 1 atom stereocenters. The average molecular weight is 355 g/mol. The molecule has 0 spiro atoms. The van der Waals surface area contributed by atoms with Crippen molar-refractivity contribution < 1.29 is 9.18 Å². The number of likely N-dealkylation sites (tertiary alicyclic amines) is 1. The maximum absolute atomic E-state index is 13.4. The van der Waals surface area contributed by atoms with Crippen LogP contribution in [0.4, 0.5) is 4.39 Å². The van der Waals surface area contributed by atoms with Crippen LogP contribution in [0.15, 0.2) is 42.5 Å². The number of amides is 1. The Labute approximate surface area is 154 Å². The van der Waals surface area contributed by atoms with Gasteiger partial charge in [-0.25, -0.2) is 4.39 Å².